The molecule has 0 aliphatic rings. The van der Waals surface area contributed by atoms with Gasteiger partial charge in [-0.2, -0.15) is 5.10 Å². The molecule has 0 aliphatic heterocycles. The Balaban J connectivity index is 2.28. The van der Waals surface area contributed by atoms with Crippen LogP contribution in [0.5, 0.6) is 0 Å². The second kappa shape index (κ2) is 5.87. The van der Waals surface area contributed by atoms with Crippen LogP contribution in [-0.2, 0) is 0 Å². The first kappa shape index (κ1) is 14.3. The van der Waals surface area contributed by atoms with Crippen molar-refractivity contribution in [2.45, 2.75) is 6.92 Å². The van der Waals surface area contributed by atoms with E-state index < -0.39 is 11.5 Å². The number of rotatable bonds is 3. The molecule has 8 nitrogen and oxygen atoms in total. The first-order valence-electron chi connectivity index (χ1n) is 5.97. The molecule has 0 saturated carbocycles. The smallest absolute Gasteiger partial charge is 0.276 e. The molecule has 1 aromatic carbocycles. The van der Waals surface area contributed by atoms with Gasteiger partial charge in [0, 0.05) is 17.3 Å². The summed E-state index contributed by atoms with van der Waals surface area (Å²) < 4.78 is 0. The van der Waals surface area contributed by atoms with Gasteiger partial charge >= 0.3 is 0 Å². The molecule has 1 aromatic heterocycles. The second-order valence-electron chi connectivity index (χ2n) is 4.28. The monoisotopic (exact) mass is 287 g/mol. The molecular formula is C13H13N5O3. The predicted molar refractivity (Wildman–Crippen MR) is 76.5 cm³/mol. The third-order valence-electron chi connectivity index (χ3n) is 2.80. The molecule has 21 heavy (non-hydrogen) atoms. The molecule has 1 amide bonds. The van der Waals surface area contributed by atoms with E-state index in [4.69, 9.17) is 10.9 Å². The van der Waals surface area contributed by atoms with E-state index in [1.807, 2.05) is 0 Å². The summed E-state index contributed by atoms with van der Waals surface area (Å²) in [4.78, 5) is 22.9. The number of aryl methyl sites for hydroxylation is 1. The summed E-state index contributed by atoms with van der Waals surface area (Å²) in [5, 5.41) is 20.0. The van der Waals surface area contributed by atoms with Crippen molar-refractivity contribution in [3.05, 3.63) is 57.5 Å². The summed E-state index contributed by atoms with van der Waals surface area (Å²) in [6.45, 7) is 1.80. The number of aromatic nitrogens is 2. The number of anilines is 1. The first-order valence-corrected chi connectivity index (χ1v) is 5.97. The number of amides is 1. The van der Waals surface area contributed by atoms with E-state index in [0.29, 0.717) is 11.3 Å². The molecule has 2 aromatic rings. The zero-order chi connectivity index (χ0) is 15.4. The van der Waals surface area contributed by atoms with Crippen LogP contribution in [-0.4, -0.2) is 27.1 Å². The van der Waals surface area contributed by atoms with Gasteiger partial charge in [0.15, 0.2) is 5.84 Å². The molecule has 0 spiro atoms. The number of hydrogen-bond donors (Lipinski definition) is 4. The van der Waals surface area contributed by atoms with E-state index in [0.717, 1.165) is 5.56 Å². The maximum Gasteiger partial charge on any atom is 0.276 e. The average molecular weight is 287 g/mol. The maximum atomic E-state index is 12.0. The van der Waals surface area contributed by atoms with Crippen molar-refractivity contribution >= 4 is 17.4 Å². The molecular weight excluding hydrogens is 274 g/mol. The summed E-state index contributed by atoms with van der Waals surface area (Å²) in [6.07, 6.45) is 0. The van der Waals surface area contributed by atoms with Crippen molar-refractivity contribution in [1.29, 1.82) is 0 Å². The van der Waals surface area contributed by atoms with Gasteiger partial charge in [0.25, 0.3) is 11.5 Å². The Hall–Kier alpha value is -3.16. The zero-order valence-electron chi connectivity index (χ0n) is 11.1. The minimum atomic E-state index is -0.481. The number of oxime groups is 1. The summed E-state index contributed by atoms with van der Waals surface area (Å²) >= 11 is 0. The Labute approximate surface area is 119 Å². The fraction of sp³-hybridized carbons (Fsp3) is 0.0769. The highest BCUT2D eigenvalue weighted by atomic mass is 16.4. The van der Waals surface area contributed by atoms with Gasteiger partial charge in [0.1, 0.15) is 5.69 Å². The van der Waals surface area contributed by atoms with Crippen molar-refractivity contribution in [1.82, 2.24) is 10.2 Å². The van der Waals surface area contributed by atoms with Gasteiger partial charge in [-0.15, -0.1) is 0 Å². The van der Waals surface area contributed by atoms with Crippen LogP contribution in [0.1, 0.15) is 21.6 Å². The van der Waals surface area contributed by atoms with Crippen LogP contribution < -0.4 is 16.6 Å². The van der Waals surface area contributed by atoms with Gasteiger partial charge in [-0.25, -0.2) is 5.10 Å². The second-order valence-corrected chi connectivity index (χ2v) is 4.28. The van der Waals surface area contributed by atoms with Crippen LogP contribution in [0.4, 0.5) is 5.69 Å². The van der Waals surface area contributed by atoms with Gasteiger partial charge in [-0.05, 0) is 24.6 Å². The normalized spacial score (nSPS) is 11.2. The lowest BCUT2D eigenvalue weighted by Crippen LogP contribution is -2.19. The first-order chi connectivity index (χ1) is 10.0. The number of carbonyl (C=O) groups is 1. The van der Waals surface area contributed by atoms with E-state index >= 15 is 0 Å². The summed E-state index contributed by atoms with van der Waals surface area (Å²) in [5.74, 6) is -0.543. The quantitative estimate of drug-likeness (QED) is 0.281. The summed E-state index contributed by atoms with van der Waals surface area (Å²) in [5.41, 5.74) is 6.94. The number of hydrogen-bond acceptors (Lipinski definition) is 5. The topological polar surface area (TPSA) is 133 Å². The lowest BCUT2D eigenvalue weighted by Gasteiger charge is -2.09. The summed E-state index contributed by atoms with van der Waals surface area (Å²) in [6, 6.07) is 7.49. The minimum absolute atomic E-state index is 0.0623. The average Bonchev–Trinajstić information content (AvgIpc) is 2.49. The van der Waals surface area contributed by atoms with E-state index in [1.54, 1.807) is 25.1 Å². The fourth-order valence-electron chi connectivity index (χ4n) is 1.63. The number of aromatic amines is 1. The van der Waals surface area contributed by atoms with Crippen LogP contribution >= 0.6 is 0 Å². The fourth-order valence-corrected chi connectivity index (χ4v) is 1.63. The van der Waals surface area contributed by atoms with Crippen LogP contribution in [0.2, 0.25) is 0 Å². The molecule has 0 radical (unpaired) electrons. The number of nitrogens with two attached hydrogens (primary N) is 1. The largest absolute Gasteiger partial charge is 0.409 e. The number of amidine groups is 1. The predicted octanol–water partition coefficient (Wildman–Crippen LogP) is 0.425. The molecule has 0 aliphatic carbocycles. The molecule has 0 unspecified atom stereocenters. The molecule has 5 N–H and O–H groups in total. The highest BCUT2D eigenvalue weighted by molar-refractivity contribution is 6.04. The van der Waals surface area contributed by atoms with E-state index in [-0.39, 0.29) is 11.5 Å². The Bertz CT molecular complexity index is 746. The van der Waals surface area contributed by atoms with Crippen LogP contribution in [0.15, 0.2) is 40.3 Å². The van der Waals surface area contributed by atoms with Gasteiger partial charge < -0.3 is 16.3 Å². The van der Waals surface area contributed by atoms with E-state index in [1.165, 1.54) is 12.1 Å². The zero-order valence-corrected chi connectivity index (χ0v) is 11.1. The highest BCUT2D eigenvalue weighted by Crippen LogP contribution is 2.17. The highest BCUT2D eigenvalue weighted by Gasteiger charge is 2.11. The molecule has 0 fully saturated rings. The molecule has 8 heteroatoms. The maximum absolute atomic E-state index is 12.0. The number of benzene rings is 1. The number of nitrogens with one attached hydrogen (secondary N) is 2. The van der Waals surface area contributed by atoms with Gasteiger partial charge in [-0.3, -0.25) is 9.59 Å². The Morgan fingerprint density at radius 3 is 2.76 bits per heavy atom. The van der Waals surface area contributed by atoms with Crippen LogP contribution in [0, 0.1) is 6.92 Å². The third kappa shape index (κ3) is 3.24. The molecule has 0 bridgehead atoms. The molecule has 1 heterocycles. The summed E-state index contributed by atoms with van der Waals surface area (Å²) in [7, 11) is 0. The Morgan fingerprint density at radius 1 is 1.38 bits per heavy atom. The van der Waals surface area contributed by atoms with Crippen molar-refractivity contribution in [2.75, 3.05) is 5.32 Å². The molecule has 108 valence electrons. The lowest BCUT2D eigenvalue weighted by atomic mass is 10.1. The lowest BCUT2D eigenvalue weighted by molar-refractivity contribution is 0.102. The molecule has 2 rings (SSSR count). The number of carbonyl (C=O) groups excluding carboxylic acids is 1. The van der Waals surface area contributed by atoms with Crippen LogP contribution in [0.25, 0.3) is 0 Å². The standard InChI is InChI=1S/C13H13N5O3/c1-7-2-3-8(12(14)18-21)6-10(7)15-13(20)9-4-5-11(19)17-16-9/h2-6,21H,1H3,(H2,14,18)(H,15,20)(H,17,19). The Kier molecular flexibility index (Phi) is 3.98. The van der Waals surface area contributed by atoms with Crippen molar-refractivity contribution in [3.63, 3.8) is 0 Å². The minimum Gasteiger partial charge on any atom is -0.409 e. The van der Waals surface area contributed by atoms with Gasteiger partial charge in [0.2, 0.25) is 0 Å². The Morgan fingerprint density at radius 2 is 2.14 bits per heavy atom. The van der Waals surface area contributed by atoms with Crippen LogP contribution in [0.3, 0.4) is 0 Å². The number of H-pyrrole nitrogens is 1. The molecule has 0 atom stereocenters. The van der Waals surface area contributed by atoms with Gasteiger partial charge in [0.05, 0.1) is 0 Å². The van der Waals surface area contributed by atoms with Crippen molar-refractivity contribution in [2.24, 2.45) is 10.9 Å². The molecule has 0 saturated heterocycles. The number of nitrogens with zero attached hydrogens (tertiary/aromatic N) is 2. The van der Waals surface area contributed by atoms with Gasteiger partial charge in [-0.1, -0.05) is 17.3 Å². The van der Waals surface area contributed by atoms with Crippen molar-refractivity contribution in [3.8, 4) is 0 Å². The third-order valence-corrected chi connectivity index (χ3v) is 2.80. The van der Waals surface area contributed by atoms with Crippen molar-refractivity contribution < 1.29 is 10.0 Å². The SMILES string of the molecule is Cc1ccc(/C(N)=N/O)cc1NC(=O)c1ccc(=O)[nH]n1. The van der Waals surface area contributed by atoms with E-state index in [2.05, 4.69) is 20.7 Å². The van der Waals surface area contributed by atoms with E-state index in [9.17, 15) is 9.59 Å².